The molecule has 0 saturated carbocycles. The van der Waals surface area contributed by atoms with Gasteiger partial charge in [-0.2, -0.15) is 18.3 Å². The number of nitrogens with zero attached hydrogens (tertiary/aromatic N) is 3. The van der Waals surface area contributed by atoms with E-state index in [9.17, 15) is 18.0 Å². The van der Waals surface area contributed by atoms with Crippen molar-refractivity contribution in [2.45, 2.75) is 6.18 Å². The van der Waals surface area contributed by atoms with Crippen LogP contribution in [0.25, 0.3) is 5.52 Å². The molecular weight excluding hydrogens is 387 g/mol. The Balaban J connectivity index is 1.89. The number of fused-ring (bicyclic) bond motifs is 1. The van der Waals surface area contributed by atoms with E-state index in [1.165, 1.54) is 24.1 Å². The van der Waals surface area contributed by atoms with E-state index in [1.54, 1.807) is 29.0 Å². The summed E-state index contributed by atoms with van der Waals surface area (Å²) in [5, 5.41) is 4.09. The van der Waals surface area contributed by atoms with Crippen molar-refractivity contribution in [2.24, 2.45) is 0 Å². The highest BCUT2D eigenvalue weighted by molar-refractivity contribution is 9.10. The second-order valence-corrected chi connectivity index (χ2v) is 6.00. The van der Waals surface area contributed by atoms with Crippen molar-refractivity contribution in [3.63, 3.8) is 0 Å². The summed E-state index contributed by atoms with van der Waals surface area (Å²) in [7, 11) is 1.51. The quantitative estimate of drug-likeness (QED) is 0.642. The van der Waals surface area contributed by atoms with Gasteiger partial charge in [0.15, 0.2) is 0 Å². The Bertz CT molecular complexity index is 903. The predicted molar refractivity (Wildman–Crippen MR) is 87.1 cm³/mol. The maximum Gasteiger partial charge on any atom is 0.416 e. The lowest BCUT2D eigenvalue weighted by atomic mass is 10.1. The van der Waals surface area contributed by atoms with Gasteiger partial charge in [0.05, 0.1) is 21.7 Å². The van der Waals surface area contributed by atoms with Crippen molar-refractivity contribution in [3.05, 3.63) is 64.4 Å². The van der Waals surface area contributed by atoms with Gasteiger partial charge in [-0.3, -0.25) is 4.79 Å². The molecule has 24 heavy (non-hydrogen) atoms. The largest absolute Gasteiger partial charge is 0.416 e. The molecule has 0 radical (unpaired) electrons. The fourth-order valence-electron chi connectivity index (χ4n) is 2.27. The standard InChI is InChI=1S/C16H11BrF3N3O/c1-22(12-4-2-11(3-5-12)16(18,19)20)15(24)10-6-7-23-14(8-10)13(17)9-21-23/h2-9H,1H3. The Morgan fingerprint density at radius 1 is 1.21 bits per heavy atom. The number of anilines is 1. The van der Waals surface area contributed by atoms with Gasteiger partial charge in [-0.15, -0.1) is 0 Å². The zero-order valence-electron chi connectivity index (χ0n) is 12.4. The highest BCUT2D eigenvalue weighted by Crippen LogP contribution is 2.30. The molecule has 4 nitrogen and oxygen atoms in total. The molecule has 0 N–H and O–H groups in total. The second kappa shape index (κ2) is 5.94. The lowest BCUT2D eigenvalue weighted by Crippen LogP contribution is -2.26. The van der Waals surface area contributed by atoms with Gasteiger partial charge in [0.1, 0.15) is 0 Å². The van der Waals surface area contributed by atoms with E-state index in [2.05, 4.69) is 21.0 Å². The Kier molecular flexibility index (Phi) is 4.08. The molecule has 0 saturated heterocycles. The van der Waals surface area contributed by atoms with Gasteiger partial charge in [0, 0.05) is 24.5 Å². The van der Waals surface area contributed by atoms with Crippen molar-refractivity contribution < 1.29 is 18.0 Å². The summed E-state index contributed by atoms with van der Waals surface area (Å²) in [6.07, 6.45) is -1.14. The third-order valence-electron chi connectivity index (χ3n) is 3.61. The summed E-state index contributed by atoms with van der Waals surface area (Å²) in [5.41, 5.74) is 0.755. The first-order valence-electron chi connectivity index (χ1n) is 6.85. The van der Waals surface area contributed by atoms with Crippen LogP contribution in [0.1, 0.15) is 15.9 Å². The van der Waals surface area contributed by atoms with Crippen LogP contribution in [0.15, 0.2) is 53.3 Å². The Morgan fingerprint density at radius 2 is 1.88 bits per heavy atom. The van der Waals surface area contributed by atoms with Gasteiger partial charge in [0.25, 0.3) is 5.91 Å². The Hall–Kier alpha value is -2.35. The van der Waals surface area contributed by atoms with Crippen molar-refractivity contribution in [2.75, 3.05) is 11.9 Å². The fourth-order valence-corrected chi connectivity index (χ4v) is 2.66. The number of amides is 1. The van der Waals surface area contributed by atoms with Crippen molar-refractivity contribution in [1.29, 1.82) is 0 Å². The van der Waals surface area contributed by atoms with Crippen LogP contribution in [0.4, 0.5) is 18.9 Å². The van der Waals surface area contributed by atoms with E-state index in [0.717, 1.165) is 22.1 Å². The number of carbonyl (C=O) groups excluding carboxylic acids is 1. The molecule has 0 fully saturated rings. The fraction of sp³-hybridized carbons (Fsp3) is 0.125. The van der Waals surface area contributed by atoms with Gasteiger partial charge in [-0.1, -0.05) is 0 Å². The molecule has 0 atom stereocenters. The maximum absolute atomic E-state index is 12.6. The molecule has 0 unspecified atom stereocenters. The van der Waals surface area contributed by atoms with Crippen LogP contribution in [0.5, 0.6) is 0 Å². The summed E-state index contributed by atoms with van der Waals surface area (Å²) in [6.45, 7) is 0. The van der Waals surface area contributed by atoms with E-state index in [4.69, 9.17) is 0 Å². The van der Waals surface area contributed by atoms with Crippen molar-refractivity contribution in [3.8, 4) is 0 Å². The van der Waals surface area contributed by atoms with Crippen LogP contribution < -0.4 is 4.90 Å². The van der Waals surface area contributed by atoms with E-state index in [-0.39, 0.29) is 5.91 Å². The highest BCUT2D eigenvalue weighted by atomic mass is 79.9. The summed E-state index contributed by atoms with van der Waals surface area (Å²) in [6, 6.07) is 7.73. The third kappa shape index (κ3) is 3.01. The number of rotatable bonds is 2. The first kappa shape index (κ1) is 16.5. The number of carbonyl (C=O) groups is 1. The first-order chi connectivity index (χ1) is 11.3. The summed E-state index contributed by atoms with van der Waals surface area (Å²) in [4.78, 5) is 13.9. The number of hydrogen-bond acceptors (Lipinski definition) is 2. The number of alkyl halides is 3. The predicted octanol–water partition coefficient (Wildman–Crippen LogP) is 4.39. The minimum atomic E-state index is -4.40. The van der Waals surface area contributed by atoms with Crippen molar-refractivity contribution in [1.82, 2.24) is 9.61 Å². The number of aromatic nitrogens is 2. The van der Waals surface area contributed by atoms with Gasteiger partial charge in [-0.05, 0) is 52.3 Å². The lowest BCUT2D eigenvalue weighted by molar-refractivity contribution is -0.137. The Labute approximate surface area is 143 Å². The third-order valence-corrected chi connectivity index (χ3v) is 4.22. The zero-order chi connectivity index (χ0) is 17.5. The summed E-state index contributed by atoms with van der Waals surface area (Å²) in [5.74, 6) is -0.328. The molecule has 8 heteroatoms. The molecule has 0 aliphatic heterocycles. The van der Waals surface area contributed by atoms with Crippen LogP contribution in [0.2, 0.25) is 0 Å². The monoisotopic (exact) mass is 397 g/mol. The zero-order valence-corrected chi connectivity index (χ0v) is 14.0. The number of hydrogen-bond donors (Lipinski definition) is 0. The van der Waals surface area contributed by atoms with Crippen LogP contribution in [0, 0.1) is 0 Å². The van der Waals surface area contributed by atoms with Gasteiger partial charge in [-0.25, -0.2) is 4.52 Å². The number of pyridine rings is 1. The van der Waals surface area contributed by atoms with Gasteiger partial charge >= 0.3 is 6.18 Å². The number of benzene rings is 1. The molecule has 2 aromatic heterocycles. The number of halogens is 4. The second-order valence-electron chi connectivity index (χ2n) is 5.15. The molecule has 0 aliphatic carbocycles. The lowest BCUT2D eigenvalue weighted by Gasteiger charge is -2.18. The van der Waals surface area contributed by atoms with Crippen LogP contribution >= 0.6 is 15.9 Å². The van der Waals surface area contributed by atoms with Crippen LogP contribution in [-0.2, 0) is 6.18 Å². The maximum atomic E-state index is 12.6. The molecule has 124 valence electrons. The molecule has 0 spiro atoms. The molecule has 3 rings (SSSR count). The van der Waals surface area contributed by atoms with Crippen LogP contribution in [0.3, 0.4) is 0 Å². The SMILES string of the molecule is CN(C(=O)c1ccn2ncc(Br)c2c1)c1ccc(C(F)(F)F)cc1. The minimum Gasteiger partial charge on any atom is -0.311 e. The molecule has 1 amide bonds. The highest BCUT2D eigenvalue weighted by Gasteiger charge is 2.30. The van der Waals surface area contributed by atoms with E-state index < -0.39 is 11.7 Å². The Morgan fingerprint density at radius 3 is 2.50 bits per heavy atom. The average Bonchev–Trinajstić information content (AvgIpc) is 2.93. The molecule has 1 aromatic carbocycles. The van der Waals surface area contributed by atoms with Crippen LogP contribution in [-0.4, -0.2) is 22.6 Å². The van der Waals surface area contributed by atoms with E-state index >= 15 is 0 Å². The molecule has 3 aromatic rings. The van der Waals surface area contributed by atoms with Crippen molar-refractivity contribution >= 4 is 33.0 Å². The minimum absolute atomic E-state index is 0.328. The van der Waals surface area contributed by atoms with E-state index in [0.29, 0.717) is 11.3 Å². The molecule has 0 aliphatic rings. The molecule has 2 heterocycles. The topological polar surface area (TPSA) is 37.6 Å². The van der Waals surface area contributed by atoms with Gasteiger partial charge < -0.3 is 4.90 Å². The smallest absolute Gasteiger partial charge is 0.311 e. The first-order valence-corrected chi connectivity index (χ1v) is 7.65. The molecular formula is C16H11BrF3N3O. The molecule has 0 bridgehead atoms. The van der Waals surface area contributed by atoms with E-state index in [1.807, 2.05) is 0 Å². The van der Waals surface area contributed by atoms with Gasteiger partial charge in [0.2, 0.25) is 0 Å². The normalized spacial score (nSPS) is 11.7. The summed E-state index contributed by atoms with van der Waals surface area (Å²) >= 11 is 3.34. The summed E-state index contributed by atoms with van der Waals surface area (Å²) < 4.78 is 40.2. The average molecular weight is 398 g/mol.